The molecule has 0 N–H and O–H groups in total. The van der Waals surface area contributed by atoms with E-state index in [2.05, 4.69) is 4.99 Å². The molecule has 0 bridgehead atoms. The Morgan fingerprint density at radius 3 is 2.17 bits per heavy atom. The summed E-state index contributed by atoms with van der Waals surface area (Å²) in [7, 11) is 0. The van der Waals surface area contributed by atoms with Gasteiger partial charge < -0.3 is 4.74 Å². The molecule has 4 heteroatoms. The first-order chi connectivity index (χ1) is 11.2. The van der Waals surface area contributed by atoms with Crippen molar-refractivity contribution in [2.45, 2.75) is 13.0 Å². The van der Waals surface area contributed by atoms with Crippen molar-refractivity contribution in [3.63, 3.8) is 0 Å². The van der Waals surface area contributed by atoms with Gasteiger partial charge in [-0.2, -0.15) is 0 Å². The largest absolute Gasteiger partial charge is 0.489 e. The smallest absolute Gasteiger partial charge is 0.119 e. The van der Waals surface area contributed by atoms with Gasteiger partial charge in [0.15, 0.2) is 0 Å². The number of ether oxygens (including phenoxy) is 1. The highest BCUT2D eigenvalue weighted by atomic mass is 35.5. The molecule has 1 aliphatic carbocycles. The highest BCUT2D eigenvalue weighted by molar-refractivity contribution is 6.38. The molecule has 0 radical (unpaired) electrons. The molecule has 1 aliphatic rings. The highest BCUT2D eigenvalue weighted by Crippen LogP contribution is 2.25. The minimum Gasteiger partial charge on any atom is -0.489 e. The van der Waals surface area contributed by atoms with Gasteiger partial charge in [0.2, 0.25) is 0 Å². The topological polar surface area (TPSA) is 21.6 Å². The van der Waals surface area contributed by atoms with Gasteiger partial charge >= 0.3 is 0 Å². The van der Waals surface area contributed by atoms with Gasteiger partial charge in [-0.25, -0.2) is 4.99 Å². The molecule has 2 aromatic rings. The third-order valence-corrected chi connectivity index (χ3v) is 3.78. The zero-order chi connectivity index (χ0) is 16.1. The fourth-order valence-electron chi connectivity index (χ4n) is 2.20. The molecule has 3 rings (SSSR count). The van der Waals surface area contributed by atoms with Crippen LogP contribution >= 0.6 is 23.2 Å². The maximum absolute atomic E-state index is 6.03. The zero-order valence-electron chi connectivity index (χ0n) is 12.4. The van der Waals surface area contributed by atoms with Crippen molar-refractivity contribution in [2.24, 2.45) is 4.99 Å². The third-order valence-electron chi connectivity index (χ3n) is 3.29. The summed E-state index contributed by atoms with van der Waals surface area (Å²) in [5.74, 6) is 0.809. The molecule has 0 saturated carbocycles. The molecule has 0 unspecified atom stereocenters. The summed E-state index contributed by atoms with van der Waals surface area (Å²) in [5, 5.41) is 1.39. The minimum atomic E-state index is 0.547. The Morgan fingerprint density at radius 2 is 1.52 bits per heavy atom. The first-order valence-corrected chi connectivity index (χ1v) is 8.02. The second-order valence-electron chi connectivity index (χ2n) is 5.16. The zero-order valence-corrected chi connectivity index (χ0v) is 13.9. The standard InChI is InChI=1S/C19H15Cl2NO/c20-15-10-16(21)12-18(11-15)22-17-6-8-19(9-7-17)23-13-14-4-2-1-3-5-14/h1-9,11-12H,10,13H2. The summed E-state index contributed by atoms with van der Waals surface area (Å²) >= 11 is 12.1. The summed E-state index contributed by atoms with van der Waals surface area (Å²) in [6, 6.07) is 17.7. The Morgan fingerprint density at radius 1 is 0.870 bits per heavy atom. The van der Waals surface area contributed by atoms with E-state index in [1.54, 1.807) is 0 Å². The van der Waals surface area contributed by atoms with E-state index in [4.69, 9.17) is 27.9 Å². The molecule has 0 amide bonds. The van der Waals surface area contributed by atoms with Gasteiger partial charge in [0.05, 0.1) is 11.4 Å². The molecule has 23 heavy (non-hydrogen) atoms. The number of allylic oxidation sites excluding steroid dienone is 4. The van der Waals surface area contributed by atoms with Gasteiger partial charge in [-0.15, -0.1) is 0 Å². The van der Waals surface area contributed by atoms with Crippen molar-refractivity contribution in [3.05, 3.63) is 82.4 Å². The van der Waals surface area contributed by atoms with E-state index < -0.39 is 0 Å². The van der Waals surface area contributed by atoms with Crippen LogP contribution in [0.1, 0.15) is 12.0 Å². The van der Waals surface area contributed by atoms with Gasteiger partial charge in [-0.3, -0.25) is 0 Å². The fraction of sp³-hybridized carbons (Fsp3) is 0.105. The third kappa shape index (κ3) is 4.72. The molecule has 2 aromatic carbocycles. The quantitative estimate of drug-likeness (QED) is 0.668. The van der Waals surface area contributed by atoms with Crippen LogP contribution in [0.25, 0.3) is 0 Å². The minimum absolute atomic E-state index is 0.547. The SMILES string of the molecule is ClC1=CC(=Nc2ccc(OCc3ccccc3)cc2)C=C(Cl)C1. The van der Waals surface area contributed by atoms with Gasteiger partial charge in [-0.1, -0.05) is 53.5 Å². The molecule has 0 atom stereocenters. The first kappa shape index (κ1) is 15.9. The Bertz CT molecular complexity index is 742. The van der Waals surface area contributed by atoms with E-state index in [-0.39, 0.29) is 0 Å². The van der Waals surface area contributed by atoms with Gasteiger partial charge in [0.1, 0.15) is 12.4 Å². The summed E-state index contributed by atoms with van der Waals surface area (Å²) in [5.41, 5.74) is 2.72. The summed E-state index contributed by atoms with van der Waals surface area (Å²) in [6.45, 7) is 0.547. The lowest BCUT2D eigenvalue weighted by Crippen LogP contribution is -1.96. The molecule has 0 fully saturated rings. The van der Waals surface area contributed by atoms with Crippen molar-refractivity contribution in [1.82, 2.24) is 0 Å². The number of hydrogen-bond acceptors (Lipinski definition) is 2. The van der Waals surface area contributed by atoms with Crippen LogP contribution in [0.3, 0.4) is 0 Å². The van der Waals surface area contributed by atoms with Crippen molar-refractivity contribution in [1.29, 1.82) is 0 Å². The van der Waals surface area contributed by atoms with Crippen molar-refractivity contribution < 1.29 is 4.74 Å². The molecule has 0 spiro atoms. The van der Waals surface area contributed by atoms with E-state index in [1.165, 1.54) is 0 Å². The van der Waals surface area contributed by atoms with Crippen LogP contribution in [0.15, 0.2) is 81.8 Å². The van der Waals surface area contributed by atoms with Crippen LogP contribution in [0, 0.1) is 0 Å². The number of benzene rings is 2. The number of nitrogens with zero attached hydrogens (tertiary/aromatic N) is 1. The van der Waals surface area contributed by atoms with Crippen LogP contribution in [-0.2, 0) is 6.61 Å². The number of aliphatic imine (C=N–C) groups is 1. The highest BCUT2D eigenvalue weighted by Gasteiger charge is 2.07. The van der Waals surface area contributed by atoms with Crippen LogP contribution in [0.4, 0.5) is 5.69 Å². The van der Waals surface area contributed by atoms with Crippen LogP contribution in [-0.4, -0.2) is 5.71 Å². The van der Waals surface area contributed by atoms with E-state index >= 15 is 0 Å². The molecule has 0 saturated heterocycles. The van der Waals surface area contributed by atoms with Crippen LogP contribution in [0.5, 0.6) is 5.75 Å². The Kier molecular flexibility index (Phi) is 5.16. The van der Waals surface area contributed by atoms with E-state index in [1.807, 2.05) is 66.7 Å². The van der Waals surface area contributed by atoms with Crippen molar-refractivity contribution >= 4 is 34.6 Å². The number of halogens is 2. The maximum Gasteiger partial charge on any atom is 0.119 e. The van der Waals surface area contributed by atoms with E-state index in [0.717, 1.165) is 22.7 Å². The molecule has 116 valence electrons. The van der Waals surface area contributed by atoms with Crippen molar-refractivity contribution in [3.8, 4) is 5.75 Å². The molecule has 0 aromatic heterocycles. The van der Waals surface area contributed by atoms with Crippen LogP contribution in [0.2, 0.25) is 0 Å². The van der Waals surface area contributed by atoms with Gasteiger partial charge in [0, 0.05) is 16.5 Å². The summed E-state index contributed by atoms with van der Waals surface area (Å²) < 4.78 is 5.76. The van der Waals surface area contributed by atoms with Crippen LogP contribution < -0.4 is 4.74 Å². The second-order valence-corrected chi connectivity index (χ2v) is 6.13. The lowest BCUT2D eigenvalue weighted by Gasteiger charge is -2.08. The lowest BCUT2D eigenvalue weighted by atomic mass is 10.1. The molecular formula is C19H15Cl2NO. The number of rotatable bonds is 4. The molecule has 0 aliphatic heterocycles. The average molecular weight is 344 g/mol. The number of hydrogen-bond donors (Lipinski definition) is 0. The summed E-state index contributed by atoms with van der Waals surface area (Å²) in [6.07, 6.45) is 4.23. The van der Waals surface area contributed by atoms with E-state index in [9.17, 15) is 0 Å². The molecule has 2 nitrogen and oxygen atoms in total. The second kappa shape index (κ2) is 7.49. The monoisotopic (exact) mass is 343 g/mol. The normalized spacial score (nSPS) is 14.1. The predicted molar refractivity (Wildman–Crippen MR) is 96.8 cm³/mol. The lowest BCUT2D eigenvalue weighted by molar-refractivity contribution is 0.306. The van der Waals surface area contributed by atoms with Gasteiger partial charge in [-0.05, 0) is 42.0 Å². The Labute approximate surface area is 145 Å². The predicted octanol–water partition coefficient (Wildman–Crippen LogP) is 5.99. The molecular weight excluding hydrogens is 329 g/mol. The van der Waals surface area contributed by atoms with Crippen molar-refractivity contribution in [2.75, 3.05) is 0 Å². The Balaban J connectivity index is 1.66. The van der Waals surface area contributed by atoms with Gasteiger partial charge in [0.25, 0.3) is 0 Å². The fourth-order valence-corrected chi connectivity index (χ4v) is 2.78. The van der Waals surface area contributed by atoms with E-state index in [0.29, 0.717) is 23.1 Å². The molecule has 0 heterocycles. The maximum atomic E-state index is 6.03. The Hall–Kier alpha value is -2.03. The first-order valence-electron chi connectivity index (χ1n) is 7.27. The average Bonchev–Trinajstić information content (AvgIpc) is 2.54. The summed E-state index contributed by atoms with van der Waals surface area (Å²) in [4.78, 5) is 4.52.